The number of piperidine rings is 1. The summed E-state index contributed by atoms with van der Waals surface area (Å²) in [5.74, 6) is 0. The maximum absolute atomic E-state index is 4.74. The molecule has 1 aliphatic heterocycles. The van der Waals surface area contributed by atoms with Gasteiger partial charge in [-0.15, -0.1) is 11.3 Å². The summed E-state index contributed by atoms with van der Waals surface area (Å²) >= 11 is 1.76. The second kappa shape index (κ2) is 6.19. The minimum absolute atomic E-state index is 0.154. The Morgan fingerprint density at radius 2 is 2.26 bits per heavy atom. The molecule has 0 spiro atoms. The Kier molecular flexibility index (Phi) is 4.80. The molecule has 0 bridgehead atoms. The second-order valence-electron chi connectivity index (χ2n) is 6.66. The van der Waals surface area contributed by atoms with Crippen molar-refractivity contribution in [1.82, 2.24) is 10.3 Å². The van der Waals surface area contributed by atoms with Gasteiger partial charge >= 0.3 is 0 Å². The topological polar surface area (TPSA) is 24.9 Å². The summed E-state index contributed by atoms with van der Waals surface area (Å²) in [7, 11) is 0. The average Bonchev–Trinajstić information content (AvgIpc) is 2.78. The Labute approximate surface area is 121 Å². The fourth-order valence-corrected chi connectivity index (χ4v) is 3.51. The second-order valence-corrected chi connectivity index (χ2v) is 7.55. The molecular weight excluding hydrogens is 252 g/mol. The number of rotatable bonds is 3. The molecule has 0 aliphatic carbocycles. The molecule has 19 heavy (non-hydrogen) atoms. The van der Waals surface area contributed by atoms with E-state index < -0.39 is 0 Å². The van der Waals surface area contributed by atoms with Crippen LogP contribution in [0.15, 0.2) is 11.0 Å². The highest BCUT2D eigenvalue weighted by molar-refractivity contribution is 7.10. The summed E-state index contributed by atoms with van der Waals surface area (Å²) in [5, 5.41) is 6.95. The number of thiazole rings is 1. The number of aromatic nitrogens is 1. The van der Waals surface area contributed by atoms with Crippen molar-refractivity contribution in [3.8, 4) is 0 Å². The number of nitrogens with zero attached hydrogens (tertiary/aromatic N) is 1. The van der Waals surface area contributed by atoms with E-state index in [0.29, 0.717) is 6.04 Å². The summed E-state index contributed by atoms with van der Waals surface area (Å²) < 4.78 is 0. The third-order valence-electron chi connectivity index (χ3n) is 3.64. The van der Waals surface area contributed by atoms with Gasteiger partial charge in [0.15, 0.2) is 0 Å². The SMILES string of the molecule is CC(=Cc1nc(C(C)(C)C)cs1)CC1CCCCN1. The van der Waals surface area contributed by atoms with Gasteiger partial charge in [-0.1, -0.05) is 32.8 Å². The van der Waals surface area contributed by atoms with Gasteiger partial charge in [0.2, 0.25) is 0 Å². The van der Waals surface area contributed by atoms with Crippen LogP contribution in [0.25, 0.3) is 6.08 Å². The van der Waals surface area contributed by atoms with Crippen molar-refractivity contribution in [2.75, 3.05) is 6.54 Å². The van der Waals surface area contributed by atoms with E-state index in [1.807, 2.05) is 0 Å². The van der Waals surface area contributed by atoms with Gasteiger partial charge in [-0.2, -0.15) is 0 Å². The Morgan fingerprint density at radius 1 is 1.47 bits per heavy atom. The monoisotopic (exact) mass is 278 g/mol. The Morgan fingerprint density at radius 3 is 2.84 bits per heavy atom. The third-order valence-corrected chi connectivity index (χ3v) is 4.43. The van der Waals surface area contributed by atoms with E-state index in [9.17, 15) is 0 Å². The minimum atomic E-state index is 0.154. The molecule has 0 aromatic carbocycles. The summed E-state index contributed by atoms with van der Waals surface area (Å²) in [6, 6.07) is 0.673. The summed E-state index contributed by atoms with van der Waals surface area (Å²) in [6.07, 6.45) is 7.44. The Hall–Kier alpha value is -0.670. The standard InChI is InChI=1S/C16H26N2S/c1-12(9-13-7-5-6-8-17-13)10-15-18-14(11-19-15)16(2,3)4/h10-11,13,17H,5-9H2,1-4H3. The van der Waals surface area contributed by atoms with Crippen molar-refractivity contribution in [3.05, 3.63) is 21.7 Å². The Balaban J connectivity index is 1.97. The first-order chi connectivity index (χ1) is 8.95. The molecule has 1 aliphatic rings. The molecule has 3 heteroatoms. The molecule has 1 saturated heterocycles. The largest absolute Gasteiger partial charge is 0.314 e. The highest BCUT2D eigenvalue weighted by Crippen LogP contribution is 2.25. The zero-order valence-electron chi connectivity index (χ0n) is 12.6. The molecule has 2 rings (SSSR count). The first-order valence-electron chi connectivity index (χ1n) is 7.32. The molecule has 106 valence electrons. The van der Waals surface area contributed by atoms with Gasteiger partial charge in [-0.25, -0.2) is 4.98 Å². The van der Waals surface area contributed by atoms with Gasteiger partial charge in [0.25, 0.3) is 0 Å². The number of hydrogen-bond acceptors (Lipinski definition) is 3. The molecule has 2 nitrogen and oxygen atoms in total. The third kappa shape index (κ3) is 4.43. The van der Waals surface area contributed by atoms with Crippen LogP contribution in [0.1, 0.15) is 64.1 Å². The van der Waals surface area contributed by atoms with Crippen LogP contribution in [0.2, 0.25) is 0 Å². The number of nitrogens with one attached hydrogen (secondary N) is 1. The van der Waals surface area contributed by atoms with E-state index in [1.165, 1.54) is 37.1 Å². The Bertz CT molecular complexity index is 434. The predicted octanol–water partition coefficient (Wildman–Crippen LogP) is 4.38. The lowest BCUT2D eigenvalue weighted by atomic mass is 9.93. The lowest BCUT2D eigenvalue weighted by Gasteiger charge is -2.23. The highest BCUT2D eigenvalue weighted by Gasteiger charge is 2.17. The van der Waals surface area contributed by atoms with Crippen molar-refractivity contribution in [2.45, 2.75) is 64.8 Å². The van der Waals surface area contributed by atoms with Crippen LogP contribution in [0.4, 0.5) is 0 Å². The normalized spacial score (nSPS) is 21.7. The summed E-state index contributed by atoms with van der Waals surface area (Å²) in [5.41, 5.74) is 2.79. The molecular formula is C16H26N2S. The van der Waals surface area contributed by atoms with Gasteiger partial charge in [-0.3, -0.25) is 0 Å². The van der Waals surface area contributed by atoms with Crippen molar-refractivity contribution in [3.63, 3.8) is 0 Å². The van der Waals surface area contributed by atoms with Crippen LogP contribution in [0.3, 0.4) is 0 Å². The van der Waals surface area contributed by atoms with Gasteiger partial charge < -0.3 is 5.32 Å². The van der Waals surface area contributed by atoms with Gasteiger partial charge in [0.1, 0.15) is 5.01 Å². The smallest absolute Gasteiger partial charge is 0.116 e. The first-order valence-corrected chi connectivity index (χ1v) is 8.19. The van der Waals surface area contributed by atoms with Crippen LogP contribution in [-0.2, 0) is 5.41 Å². The highest BCUT2D eigenvalue weighted by atomic mass is 32.1. The predicted molar refractivity (Wildman–Crippen MR) is 84.7 cm³/mol. The van der Waals surface area contributed by atoms with Crippen molar-refractivity contribution < 1.29 is 0 Å². The van der Waals surface area contributed by atoms with E-state index in [-0.39, 0.29) is 5.41 Å². The maximum Gasteiger partial charge on any atom is 0.116 e. The molecule has 2 heterocycles. The average molecular weight is 278 g/mol. The van der Waals surface area contributed by atoms with E-state index in [0.717, 1.165) is 11.4 Å². The van der Waals surface area contributed by atoms with Crippen LogP contribution in [-0.4, -0.2) is 17.6 Å². The van der Waals surface area contributed by atoms with Crippen LogP contribution >= 0.6 is 11.3 Å². The molecule has 1 fully saturated rings. The molecule has 1 aromatic rings. The molecule has 0 radical (unpaired) electrons. The van der Waals surface area contributed by atoms with E-state index in [2.05, 4.69) is 44.5 Å². The zero-order valence-corrected chi connectivity index (χ0v) is 13.4. The van der Waals surface area contributed by atoms with Crippen molar-refractivity contribution >= 4 is 17.4 Å². The van der Waals surface area contributed by atoms with Gasteiger partial charge in [0.05, 0.1) is 5.69 Å². The maximum atomic E-state index is 4.74. The van der Waals surface area contributed by atoms with Gasteiger partial charge in [-0.05, 0) is 38.8 Å². The first kappa shape index (κ1) is 14.7. The molecule has 1 atom stereocenters. The molecule has 0 saturated carbocycles. The quantitative estimate of drug-likeness (QED) is 0.887. The lowest BCUT2D eigenvalue weighted by molar-refractivity contribution is 0.399. The summed E-state index contributed by atoms with van der Waals surface area (Å²) in [4.78, 5) is 4.74. The van der Waals surface area contributed by atoms with Crippen LogP contribution < -0.4 is 5.32 Å². The van der Waals surface area contributed by atoms with Crippen LogP contribution in [0.5, 0.6) is 0 Å². The van der Waals surface area contributed by atoms with Gasteiger partial charge in [0, 0.05) is 16.8 Å². The van der Waals surface area contributed by atoms with Crippen LogP contribution in [0, 0.1) is 0 Å². The lowest BCUT2D eigenvalue weighted by Crippen LogP contribution is -2.33. The van der Waals surface area contributed by atoms with E-state index >= 15 is 0 Å². The molecule has 1 unspecified atom stereocenters. The summed E-state index contributed by atoms with van der Waals surface area (Å²) in [6.45, 7) is 10.1. The fourth-order valence-electron chi connectivity index (χ4n) is 2.45. The minimum Gasteiger partial charge on any atom is -0.314 e. The van der Waals surface area contributed by atoms with E-state index in [1.54, 1.807) is 11.3 Å². The van der Waals surface area contributed by atoms with Crippen molar-refractivity contribution in [1.29, 1.82) is 0 Å². The fraction of sp³-hybridized carbons (Fsp3) is 0.688. The molecule has 1 N–H and O–H groups in total. The van der Waals surface area contributed by atoms with Crippen molar-refractivity contribution in [2.24, 2.45) is 0 Å². The molecule has 1 aromatic heterocycles. The zero-order chi connectivity index (χ0) is 13.9. The van der Waals surface area contributed by atoms with E-state index in [4.69, 9.17) is 4.98 Å². The number of hydrogen-bond donors (Lipinski definition) is 1. The molecule has 0 amide bonds.